The van der Waals surface area contributed by atoms with Crippen molar-refractivity contribution in [2.75, 3.05) is 6.61 Å². The topological polar surface area (TPSA) is 41.8 Å². The maximum atomic E-state index is 8.23. The number of rotatable bonds is 3. The Bertz CT molecular complexity index is 254. The van der Waals surface area contributed by atoms with Crippen LogP contribution < -0.4 is 4.74 Å². The lowest BCUT2D eigenvalue weighted by atomic mass is 10.2. The van der Waals surface area contributed by atoms with Crippen LogP contribution in [-0.4, -0.2) is 18.0 Å². The standard InChI is InChI=1S/C9H11NO2.CH4/c1-2-12-9-5-3-8(4-6-9)7-10-11;/h3-7,11H,2H2,1H3;1H4/b10-7+;. The van der Waals surface area contributed by atoms with E-state index in [-0.39, 0.29) is 7.43 Å². The summed E-state index contributed by atoms with van der Waals surface area (Å²) in [5, 5.41) is 11.1. The second-order valence-corrected chi connectivity index (χ2v) is 2.25. The first-order valence-electron chi connectivity index (χ1n) is 3.77. The molecule has 0 amide bonds. The number of hydrogen-bond donors (Lipinski definition) is 1. The molecule has 0 unspecified atom stereocenters. The molecule has 0 aliphatic carbocycles. The first-order chi connectivity index (χ1) is 5.86. The minimum atomic E-state index is 0. The number of hydrogen-bond acceptors (Lipinski definition) is 3. The summed E-state index contributed by atoms with van der Waals surface area (Å²) in [6.07, 6.45) is 1.37. The minimum Gasteiger partial charge on any atom is -0.494 e. The van der Waals surface area contributed by atoms with Crippen LogP contribution in [0.25, 0.3) is 0 Å². The van der Waals surface area contributed by atoms with Gasteiger partial charge in [-0.05, 0) is 36.8 Å². The summed E-state index contributed by atoms with van der Waals surface area (Å²) in [6, 6.07) is 7.32. The van der Waals surface area contributed by atoms with Crippen LogP contribution in [-0.2, 0) is 0 Å². The maximum Gasteiger partial charge on any atom is 0.119 e. The Hall–Kier alpha value is -1.51. The van der Waals surface area contributed by atoms with Crippen LogP contribution in [0.1, 0.15) is 19.9 Å². The minimum absolute atomic E-state index is 0. The van der Waals surface area contributed by atoms with E-state index in [1.807, 2.05) is 31.2 Å². The van der Waals surface area contributed by atoms with Crippen LogP contribution in [0.3, 0.4) is 0 Å². The predicted octanol–water partition coefficient (Wildman–Crippen LogP) is 2.53. The molecular formula is C10H15NO2. The largest absolute Gasteiger partial charge is 0.494 e. The summed E-state index contributed by atoms with van der Waals surface area (Å²) < 4.78 is 5.23. The zero-order valence-corrected chi connectivity index (χ0v) is 6.90. The van der Waals surface area contributed by atoms with E-state index >= 15 is 0 Å². The highest BCUT2D eigenvalue weighted by Crippen LogP contribution is 2.10. The van der Waals surface area contributed by atoms with Gasteiger partial charge in [0.2, 0.25) is 0 Å². The van der Waals surface area contributed by atoms with Gasteiger partial charge in [-0.15, -0.1) is 0 Å². The molecule has 0 radical (unpaired) electrons. The van der Waals surface area contributed by atoms with Crippen molar-refractivity contribution in [2.24, 2.45) is 5.16 Å². The van der Waals surface area contributed by atoms with Crippen molar-refractivity contribution in [3.63, 3.8) is 0 Å². The fourth-order valence-electron chi connectivity index (χ4n) is 0.883. The van der Waals surface area contributed by atoms with Crippen molar-refractivity contribution < 1.29 is 9.94 Å². The molecule has 0 saturated carbocycles. The molecule has 0 bridgehead atoms. The van der Waals surface area contributed by atoms with Crippen molar-refractivity contribution in [2.45, 2.75) is 14.4 Å². The molecule has 1 N–H and O–H groups in total. The molecule has 1 aromatic rings. The molecule has 3 heteroatoms. The van der Waals surface area contributed by atoms with Gasteiger partial charge in [0.1, 0.15) is 5.75 Å². The number of oxime groups is 1. The van der Waals surface area contributed by atoms with E-state index in [0.29, 0.717) is 6.61 Å². The Morgan fingerprint density at radius 1 is 1.38 bits per heavy atom. The fourth-order valence-corrected chi connectivity index (χ4v) is 0.883. The zero-order valence-electron chi connectivity index (χ0n) is 6.90. The first-order valence-corrected chi connectivity index (χ1v) is 3.77. The molecule has 1 rings (SSSR count). The molecule has 72 valence electrons. The number of nitrogens with zero attached hydrogens (tertiary/aromatic N) is 1. The van der Waals surface area contributed by atoms with Crippen LogP contribution in [0.5, 0.6) is 5.75 Å². The smallest absolute Gasteiger partial charge is 0.119 e. The van der Waals surface area contributed by atoms with E-state index in [4.69, 9.17) is 9.94 Å². The summed E-state index contributed by atoms with van der Waals surface area (Å²) in [4.78, 5) is 0. The van der Waals surface area contributed by atoms with Crippen molar-refractivity contribution in [1.82, 2.24) is 0 Å². The molecule has 3 nitrogen and oxygen atoms in total. The Morgan fingerprint density at radius 2 is 2.00 bits per heavy atom. The summed E-state index contributed by atoms with van der Waals surface area (Å²) in [5.74, 6) is 0.826. The van der Waals surface area contributed by atoms with Gasteiger partial charge in [-0.25, -0.2) is 0 Å². The van der Waals surface area contributed by atoms with E-state index in [2.05, 4.69) is 5.16 Å². The predicted molar refractivity (Wildman–Crippen MR) is 53.7 cm³/mol. The van der Waals surface area contributed by atoms with E-state index in [9.17, 15) is 0 Å². The summed E-state index contributed by atoms with van der Waals surface area (Å²) >= 11 is 0. The highest BCUT2D eigenvalue weighted by molar-refractivity contribution is 5.79. The Kier molecular flexibility index (Phi) is 5.35. The molecule has 0 spiro atoms. The van der Waals surface area contributed by atoms with Crippen LogP contribution in [0, 0.1) is 0 Å². The van der Waals surface area contributed by atoms with Crippen molar-refractivity contribution in [1.29, 1.82) is 0 Å². The second-order valence-electron chi connectivity index (χ2n) is 2.25. The molecule has 0 aliphatic rings. The second kappa shape index (κ2) is 6.06. The van der Waals surface area contributed by atoms with Gasteiger partial charge >= 0.3 is 0 Å². The summed E-state index contributed by atoms with van der Waals surface area (Å²) in [7, 11) is 0. The molecular weight excluding hydrogens is 166 g/mol. The van der Waals surface area contributed by atoms with E-state index in [1.165, 1.54) is 6.21 Å². The Balaban J connectivity index is 0.00000144. The highest BCUT2D eigenvalue weighted by Gasteiger charge is 1.90. The van der Waals surface area contributed by atoms with E-state index in [1.54, 1.807) is 0 Å². The lowest BCUT2D eigenvalue weighted by Gasteiger charge is -2.01. The molecule has 0 aromatic heterocycles. The van der Waals surface area contributed by atoms with Gasteiger partial charge in [-0.1, -0.05) is 12.6 Å². The Morgan fingerprint density at radius 3 is 2.46 bits per heavy atom. The van der Waals surface area contributed by atoms with Gasteiger partial charge in [0.15, 0.2) is 0 Å². The first kappa shape index (κ1) is 11.5. The quantitative estimate of drug-likeness (QED) is 0.442. The van der Waals surface area contributed by atoms with E-state index < -0.39 is 0 Å². The third kappa shape index (κ3) is 3.60. The third-order valence-electron chi connectivity index (χ3n) is 1.40. The lowest BCUT2D eigenvalue weighted by molar-refractivity contribution is 0.322. The van der Waals surface area contributed by atoms with Gasteiger partial charge in [-0.3, -0.25) is 0 Å². The number of ether oxygens (including phenoxy) is 1. The van der Waals surface area contributed by atoms with Crippen molar-refractivity contribution in [3.8, 4) is 5.75 Å². The van der Waals surface area contributed by atoms with Crippen molar-refractivity contribution in [3.05, 3.63) is 29.8 Å². The maximum absolute atomic E-state index is 8.23. The molecule has 0 saturated heterocycles. The average Bonchev–Trinajstić information content (AvgIpc) is 2.09. The highest BCUT2D eigenvalue weighted by atomic mass is 16.5. The molecule has 0 heterocycles. The van der Waals surface area contributed by atoms with Gasteiger partial charge in [0.25, 0.3) is 0 Å². The molecule has 0 fully saturated rings. The summed E-state index contributed by atoms with van der Waals surface area (Å²) in [6.45, 7) is 2.59. The lowest BCUT2D eigenvalue weighted by Crippen LogP contribution is -1.91. The Labute approximate surface area is 78.7 Å². The fraction of sp³-hybridized carbons (Fsp3) is 0.300. The summed E-state index contributed by atoms with van der Waals surface area (Å²) in [5.41, 5.74) is 0.848. The molecule has 0 atom stereocenters. The van der Waals surface area contributed by atoms with Gasteiger partial charge < -0.3 is 9.94 Å². The molecule has 0 aliphatic heterocycles. The van der Waals surface area contributed by atoms with Gasteiger partial charge in [0, 0.05) is 0 Å². The van der Waals surface area contributed by atoms with Crippen LogP contribution in [0.4, 0.5) is 0 Å². The van der Waals surface area contributed by atoms with E-state index in [0.717, 1.165) is 11.3 Å². The molecule has 1 aromatic carbocycles. The average molecular weight is 181 g/mol. The van der Waals surface area contributed by atoms with Crippen molar-refractivity contribution >= 4 is 6.21 Å². The zero-order chi connectivity index (χ0) is 8.81. The van der Waals surface area contributed by atoms with Crippen LogP contribution >= 0.6 is 0 Å². The normalized spacial score (nSPS) is 9.62. The van der Waals surface area contributed by atoms with Gasteiger partial charge in [0.05, 0.1) is 12.8 Å². The molecule has 13 heavy (non-hydrogen) atoms. The number of benzene rings is 1. The third-order valence-corrected chi connectivity index (χ3v) is 1.40. The van der Waals surface area contributed by atoms with Crippen LogP contribution in [0.2, 0.25) is 0 Å². The van der Waals surface area contributed by atoms with Crippen LogP contribution in [0.15, 0.2) is 29.4 Å². The SMILES string of the molecule is C.CCOc1ccc(/C=N/O)cc1. The monoisotopic (exact) mass is 181 g/mol. The van der Waals surface area contributed by atoms with Gasteiger partial charge in [-0.2, -0.15) is 0 Å².